The van der Waals surface area contributed by atoms with Crippen LogP contribution in [-0.4, -0.2) is 55.6 Å². The molecule has 1 saturated heterocycles. The van der Waals surface area contributed by atoms with Gasteiger partial charge in [0.1, 0.15) is 5.82 Å². The molecule has 2 aliphatic rings. The second kappa shape index (κ2) is 7.08. The lowest BCUT2D eigenvalue weighted by molar-refractivity contribution is -0.133. The van der Waals surface area contributed by atoms with Crippen LogP contribution in [0.5, 0.6) is 0 Å². The van der Waals surface area contributed by atoms with Crippen molar-refractivity contribution in [1.29, 1.82) is 0 Å². The van der Waals surface area contributed by atoms with Gasteiger partial charge in [-0.2, -0.15) is 0 Å². The Bertz CT molecular complexity index is 980. The Morgan fingerprint density at radius 3 is 2.68 bits per heavy atom. The molecule has 0 bridgehead atoms. The highest BCUT2D eigenvalue weighted by Crippen LogP contribution is 2.40. The first-order valence-corrected chi connectivity index (χ1v) is 9.12. The summed E-state index contributed by atoms with van der Waals surface area (Å²) >= 11 is 0. The van der Waals surface area contributed by atoms with Gasteiger partial charge in [-0.25, -0.2) is 14.6 Å². The molecule has 0 saturated carbocycles. The SMILES string of the molecule is O=C(O)C=C(C(=O)O)c1cn2c(n1)C(C1CCNCC1)c1cc[nH]c1C(=O)C2. The fraction of sp³-hybridized carbons (Fsp3) is 0.368. The maximum absolute atomic E-state index is 12.7. The highest BCUT2D eigenvalue weighted by molar-refractivity contribution is 6.18. The van der Waals surface area contributed by atoms with Crippen molar-refractivity contribution in [2.45, 2.75) is 25.3 Å². The fourth-order valence-corrected chi connectivity index (χ4v) is 4.20. The Labute approximate surface area is 160 Å². The topological polar surface area (TPSA) is 137 Å². The lowest BCUT2D eigenvalue weighted by Gasteiger charge is -2.30. The number of imidazole rings is 1. The number of Topliss-reactive ketones (excluding diaryl/α,β-unsaturated/α-hetero) is 1. The van der Waals surface area contributed by atoms with Crippen molar-refractivity contribution in [3.05, 3.63) is 47.3 Å². The summed E-state index contributed by atoms with van der Waals surface area (Å²) in [4.78, 5) is 42.9. The van der Waals surface area contributed by atoms with E-state index >= 15 is 0 Å². The average molecular weight is 384 g/mol. The molecule has 1 atom stereocenters. The van der Waals surface area contributed by atoms with Gasteiger partial charge in [-0.1, -0.05) is 0 Å². The lowest BCUT2D eigenvalue weighted by atomic mass is 9.80. The predicted octanol–water partition coefficient (Wildman–Crippen LogP) is 1.09. The van der Waals surface area contributed by atoms with Crippen molar-refractivity contribution in [3.8, 4) is 0 Å². The average Bonchev–Trinajstić information content (AvgIpc) is 3.27. The van der Waals surface area contributed by atoms with Crippen LogP contribution in [0.1, 0.15) is 46.3 Å². The number of rotatable bonds is 4. The van der Waals surface area contributed by atoms with Crippen LogP contribution >= 0.6 is 0 Å². The summed E-state index contributed by atoms with van der Waals surface area (Å²) < 4.78 is 1.66. The van der Waals surface area contributed by atoms with Crippen LogP contribution in [0.4, 0.5) is 0 Å². The van der Waals surface area contributed by atoms with Gasteiger partial charge in [-0.05, 0) is 43.5 Å². The molecule has 4 heterocycles. The van der Waals surface area contributed by atoms with Crippen LogP contribution in [-0.2, 0) is 16.1 Å². The predicted molar refractivity (Wildman–Crippen MR) is 98.0 cm³/mol. The van der Waals surface area contributed by atoms with Crippen LogP contribution in [0.3, 0.4) is 0 Å². The molecule has 1 fully saturated rings. The number of aromatic nitrogens is 3. The second-order valence-electron chi connectivity index (χ2n) is 7.11. The summed E-state index contributed by atoms with van der Waals surface area (Å²) in [5.74, 6) is -2.16. The molecule has 9 heteroatoms. The van der Waals surface area contributed by atoms with E-state index in [2.05, 4.69) is 15.3 Å². The molecule has 2 aromatic rings. The Morgan fingerprint density at radius 2 is 2.00 bits per heavy atom. The van der Waals surface area contributed by atoms with Gasteiger partial charge in [0, 0.05) is 24.4 Å². The first-order chi connectivity index (χ1) is 13.5. The molecule has 4 N–H and O–H groups in total. The van der Waals surface area contributed by atoms with E-state index < -0.39 is 17.5 Å². The minimum absolute atomic E-state index is 0.0251. The molecule has 0 aliphatic carbocycles. The van der Waals surface area contributed by atoms with Gasteiger partial charge < -0.3 is 25.1 Å². The molecule has 4 rings (SSSR count). The van der Waals surface area contributed by atoms with E-state index in [0.717, 1.165) is 31.5 Å². The number of nitrogens with one attached hydrogen (secondary N) is 2. The third kappa shape index (κ3) is 3.13. The molecule has 28 heavy (non-hydrogen) atoms. The minimum atomic E-state index is -1.37. The van der Waals surface area contributed by atoms with E-state index in [9.17, 15) is 19.5 Å². The Balaban J connectivity index is 1.86. The number of aliphatic carboxylic acids is 2. The smallest absolute Gasteiger partial charge is 0.338 e. The Morgan fingerprint density at radius 1 is 1.25 bits per heavy atom. The third-order valence-electron chi connectivity index (χ3n) is 5.42. The highest BCUT2D eigenvalue weighted by Gasteiger charge is 2.36. The normalized spacial score (nSPS) is 20.4. The highest BCUT2D eigenvalue weighted by atomic mass is 16.4. The van der Waals surface area contributed by atoms with Gasteiger partial charge in [0.05, 0.1) is 23.5 Å². The van der Waals surface area contributed by atoms with Crippen molar-refractivity contribution < 1.29 is 24.6 Å². The molecule has 9 nitrogen and oxygen atoms in total. The number of carboxylic acids is 2. The van der Waals surface area contributed by atoms with E-state index in [4.69, 9.17) is 5.11 Å². The first-order valence-electron chi connectivity index (χ1n) is 9.12. The Hall–Kier alpha value is -3.20. The number of aromatic amines is 1. The van der Waals surface area contributed by atoms with Gasteiger partial charge in [0.15, 0.2) is 5.78 Å². The number of piperidine rings is 1. The number of H-pyrrole nitrogens is 1. The zero-order chi connectivity index (χ0) is 19.8. The van der Waals surface area contributed by atoms with Crippen LogP contribution in [0, 0.1) is 5.92 Å². The van der Waals surface area contributed by atoms with Crippen LogP contribution < -0.4 is 5.32 Å². The molecule has 0 amide bonds. The van der Waals surface area contributed by atoms with Crippen molar-refractivity contribution in [3.63, 3.8) is 0 Å². The molecular weight excluding hydrogens is 364 g/mol. The molecule has 0 spiro atoms. The number of carboxylic acid groups (broad SMARTS) is 2. The van der Waals surface area contributed by atoms with Gasteiger partial charge in [0.2, 0.25) is 0 Å². The molecule has 0 radical (unpaired) electrons. The van der Waals surface area contributed by atoms with E-state index in [-0.39, 0.29) is 29.9 Å². The van der Waals surface area contributed by atoms with E-state index in [1.54, 1.807) is 10.8 Å². The van der Waals surface area contributed by atoms with Crippen molar-refractivity contribution in [2.24, 2.45) is 5.92 Å². The van der Waals surface area contributed by atoms with Crippen molar-refractivity contribution >= 4 is 23.3 Å². The molecule has 2 aliphatic heterocycles. The maximum Gasteiger partial charge on any atom is 0.338 e. The lowest BCUT2D eigenvalue weighted by Crippen LogP contribution is -2.32. The monoisotopic (exact) mass is 384 g/mol. The largest absolute Gasteiger partial charge is 0.478 e. The van der Waals surface area contributed by atoms with Gasteiger partial charge in [-0.3, -0.25) is 4.79 Å². The molecule has 2 aromatic heterocycles. The summed E-state index contributed by atoms with van der Waals surface area (Å²) in [7, 11) is 0. The summed E-state index contributed by atoms with van der Waals surface area (Å²) in [6, 6.07) is 1.88. The number of hydrogen-bond donors (Lipinski definition) is 4. The Kier molecular flexibility index (Phi) is 4.60. The van der Waals surface area contributed by atoms with Crippen molar-refractivity contribution in [1.82, 2.24) is 19.9 Å². The van der Waals surface area contributed by atoms with Crippen LogP contribution in [0.15, 0.2) is 24.5 Å². The van der Waals surface area contributed by atoms with Gasteiger partial charge >= 0.3 is 11.9 Å². The molecule has 1 unspecified atom stereocenters. The number of nitrogens with zero attached hydrogens (tertiary/aromatic N) is 2. The number of ketones is 1. The standard InChI is InChI=1S/C19H20N4O5/c24-14-9-23-8-13(12(19(27)28)7-15(25)26)22-18(23)16(10-1-4-20-5-2-10)11-3-6-21-17(11)14/h3,6-8,10,16,20-21H,1-2,4-5,9H2,(H,25,26)(H,27,28). The maximum atomic E-state index is 12.7. The summed E-state index contributed by atoms with van der Waals surface area (Å²) in [6.07, 6.45) is 5.65. The van der Waals surface area contributed by atoms with Crippen LogP contribution in [0.2, 0.25) is 0 Å². The number of fused-ring (bicyclic) bond motifs is 2. The zero-order valence-corrected chi connectivity index (χ0v) is 15.0. The minimum Gasteiger partial charge on any atom is -0.478 e. The summed E-state index contributed by atoms with van der Waals surface area (Å²) in [5, 5.41) is 21.8. The number of hydrogen-bond acceptors (Lipinski definition) is 5. The molecule has 146 valence electrons. The number of carbonyl (C=O) groups is 3. The van der Waals surface area contributed by atoms with Gasteiger partial charge in [-0.15, -0.1) is 0 Å². The third-order valence-corrected chi connectivity index (χ3v) is 5.42. The van der Waals surface area contributed by atoms with Crippen molar-refractivity contribution in [2.75, 3.05) is 13.1 Å². The second-order valence-corrected chi connectivity index (χ2v) is 7.11. The molecule has 0 aromatic carbocycles. The van der Waals surface area contributed by atoms with Gasteiger partial charge in [0.25, 0.3) is 0 Å². The summed E-state index contributed by atoms with van der Waals surface area (Å²) in [5.41, 5.74) is 1.08. The number of carbonyl (C=O) groups excluding carboxylic acids is 1. The van der Waals surface area contributed by atoms with E-state index in [1.165, 1.54) is 6.20 Å². The zero-order valence-electron chi connectivity index (χ0n) is 15.0. The first kappa shape index (κ1) is 18.2. The quantitative estimate of drug-likeness (QED) is 0.579. The van der Waals surface area contributed by atoms with E-state index in [1.807, 2.05) is 6.07 Å². The summed E-state index contributed by atoms with van der Waals surface area (Å²) in [6.45, 7) is 1.75. The fourth-order valence-electron chi connectivity index (χ4n) is 4.20. The van der Waals surface area contributed by atoms with E-state index in [0.29, 0.717) is 17.6 Å². The molecular formula is C19H20N4O5. The van der Waals surface area contributed by atoms with Crippen LogP contribution in [0.25, 0.3) is 5.57 Å².